The Labute approximate surface area is 166 Å². The summed E-state index contributed by atoms with van der Waals surface area (Å²) in [4.78, 5) is 32.2. The molecule has 27 heavy (non-hydrogen) atoms. The number of thiophene rings is 1. The summed E-state index contributed by atoms with van der Waals surface area (Å²) < 4.78 is 0. The molecular weight excluding hydrogens is 382 g/mol. The fourth-order valence-corrected chi connectivity index (χ4v) is 4.32. The summed E-state index contributed by atoms with van der Waals surface area (Å²) in [5.74, 6) is -0.306. The minimum Gasteiger partial charge on any atom is -0.337 e. The largest absolute Gasteiger partial charge is 0.337 e. The molecule has 0 spiro atoms. The van der Waals surface area contributed by atoms with Crippen LogP contribution in [0.25, 0.3) is 10.9 Å². The normalized spacial score (nSPS) is 17.1. The van der Waals surface area contributed by atoms with Gasteiger partial charge in [0.2, 0.25) is 5.91 Å². The van der Waals surface area contributed by atoms with Gasteiger partial charge in [-0.2, -0.15) is 0 Å². The number of pyridine rings is 1. The average Bonchev–Trinajstić information content (AvgIpc) is 3.24. The van der Waals surface area contributed by atoms with Crippen molar-refractivity contribution in [2.45, 2.75) is 12.8 Å². The van der Waals surface area contributed by atoms with E-state index in [0.29, 0.717) is 34.2 Å². The van der Waals surface area contributed by atoms with Crippen molar-refractivity contribution in [3.05, 3.63) is 57.9 Å². The highest BCUT2D eigenvalue weighted by Gasteiger charge is 2.29. The first kappa shape index (κ1) is 17.9. The summed E-state index contributed by atoms with van der Waals surface area (Å²) in [6.07, 6.45) is 3.26. The van der Waals surface area contributed by atoms with Crippen LogP contribution in [0, 0.1) is 5.92 Å². The predicted molar refractivity (Wildman–Crippen MR) is 108 cm³/mol. The Kier molecular flexibility index (Phi) is 5.09. The molecule has 1 atom stereocenters. The van der Waals surface area contributed by atoms with Crippen molar-refractivity contribution < 1.29 is 9.59 Å². The molecule has 2 amide bonds. The molecule has 2 aromatic heterocycles. The zero-order valence-electron chi connectivity index (χ0n) is 14.5. The van der Waals surface area contributed by atoms with Gasteiger partial charge in [0.25, 0.3) is 5.91 Å². The molecule has 138 valence electrons. The number of hydrogen-bond acceptors (Lipinski definition) is 4. The molecule has 3 heterocycles. The van der Waals surface area contributed by atoms with Gasteiger partial charge in [0.15, 0.2) is 0 Å². The maximum absolute atomic E-state index is 12.9. The molecule has 7 heteroatoms. The maximum atomic E-state index is 12.9. The lowest BCUT2D eigenvalue weighted by Gasteiger charge is -2.31. The fourth-order valence-electron chi connectivity index (χ4n) is 3.41. The number of aromatic nitrogens is 1. The summed E-state index contributed by atoms with van der Waals surface area (Å²) in [5, 5.41) is 6.25. The number of benzene rings is 1. The Morgan fingerprint density at radius 1 is 1.22 bits per heavy atom. The highest BCUT2D eigenvalue weighted by atomic mass is 35.5. The van der Waals surface area contributed by atoms with Gasteiger partial charge in [0.1, 0.15) is 0 Å². The van der Waals surface area contributed by atoms with Crippen molar-refractivity contribution in [2.75, 3.05) is 18.4 Å². The van der Waals surface area contributed by atoms with Gasteiger partial charge < -0.3 is 10.2 Å². The summed E-state index contributed by atoms with van der Waals surface area (Å²) in [7, 11) is 0. The van der Waals surface area contributed by atoms with Gasteiger partial charge in [-0.15, -0.1) is 11.3 Å². The number of rotatable bonds is 3. The van der Waals surface area contributed by atoms with Gasteiger partial charge in [-0.3, -0.25) is 14.6 Å². The van der Waals surface area contributed by atoms with Crippen molar-refractivity contribution in [3.63, 3.8) is 0 Å². The van der Waals surface area contributed by atoms with E-state index in [1.54, 1.807) is 23.2 Å². The number of hydrogen-bond donors (Lipinski definition) is 1. The van der Waals surface area contributed by atoms with Crippen LogP contribution in [0.2, 0.25) is 5.02 Å². The molecule has 0 radical (unpaired) electrons. The van der Waals surface area contributed by atoms with E-state index >= 15 is 0 Å². The molecule has 0 unspecified atom stereocenters. The van der Waals surface area contributed by atoms with Gasteiger partial charge >= 0.3 is 0 Å². The Morgan fingerprint density at radius 3 is 2.93 bits per heavy atom. The topological polar surface area (TPSA) is 62.3 Å². The number of amides is 2. The van der Waals surface area contributed by atoms with Crippen LogP contribution in [0.5, 0.6) is 0 Å². The third kappa shape index (κ3) is 3.68. The first-order valence-corrected chi connectivity index (χ1v) is 10.1. The molecule has 0 saturated carbocycles. The van der Waals surface area contributed by atoms with Crippen molar-refractivity contribution >= 4 is 51.3 Å². The molecule has 4 rings (SSSR count). The number of fused-ring (bicyclic) bond motifs is 1. The van der Waals surface area contributed by atoms with Crippen LogP contribution in [0.4, 0.5) is 5.69 Å². The van der Waals surface area contributed by atoms with Crippen LogP contribution in [0.3, 0.4) is 0 Å². The van der Waals surface area contributed by atoms with Crippen molar-refractivity contribution in [1.82, 2.24) is 9.88 Å². The number of nitrogens with zero attached hydrogens (tertiary/aromatic N) is 2. The van der Waals surface area contributed by atoms with Gasteiger partial charge in [-0.05, 0) is 48.6 Å². The number of piperidine rings is 1. The number of nitrogens with one attached hydrogen (secondary N) is 1. The van der Waals surface area contributed by atoms with Crippen LogP contribution in [-0.4, -0.2) is 34.8 Å². The quantitative estimate of drug-likeness (QED) is 0.708. The molecule has 1 aliphatic rings. The molecule has 1 saturated heterocycles. The van der Waals surface area contributed by atoms with Crippen molar-refractivity contribution in [1.29, 1.82) is 0 Å². The standard InChI is InChI=1S/C20H18ClN3O2S/c21-15-7-8-16(14-5-1-9-22-18(14)15)23-19(25)13-4-2-10-24(12-13)20(26)17-6-3-11-27-17/h1,3,5-9,11,13H,2,4,10,12H2,(H,23,25)/t13-/m0/s1. The molecule has 1 aromatic carbocycles. The molecule has 3 aromatic rings. The second-order valence-corrected chi connectivity index (χ2v) is 7.91. The first-order valence-electron chi connectivity index (χ1n) is 8.80. The summed E-state index contributed by atoms with van der Waals surface area (Å²) in [6, 6.07) is 10.9. The van der Waals surface area contributed by atoms with Crippen molar-refractivity contribution in [2.24, 2.45) is 5.92 Å². The van der Waals surface area contributed by atoms with Crippen LogP contribution in [-0.2, 0) is 4.79 Å². The highest BCUT2D eigenvalue weighted by molar-refractivity contribution is 7.12. The minimum atomic E-state index is -0.231. The summed E-state index contributed by atoms with van der Waals surface area (Å²) in [6.45, 7) is 1.13. The molecule has 1 fully saturated rings. The Morgan fingerprint density at radius 2 is 2.11 bits per heavy atom. The van der Waals surface area contributed by atoms with Crippen LogP contribution < -0.4 is 5.32 Å². The van der Waals surface area contributed by atoms with E-state index in [1.807, 2.05) is 29.6 Å². The molecule has 0 aliphatic carbocycles. The molecule has 1 aliphatic heterocycles. The van der Waals surface area contributed by atoms with E-state index in [1.165, 1.54) is 11.3 Å². The Bertz CT molecular complexity index is 990. The van der Waals surface area contributed by atoms with Gasteiger partial charge in [0, 0.05) is 24.7 Å². The second kappa shape index (κ2) is 7.66. The van der Waals surface area contributed by atoms with Gasteiger partial charge in [0.05, 0.1) is 27.0 Å². The lowest BCUT2D eigenvalue weighted by Crippen LogP contribution is -2.43. The lowest BCUT2D eigenvalue weighted by molar-refractivity contribution is -0.121. The smallest absolute Gasteiger partial charge is 0.263 e. The maximum Gasteiger partial charge on any atom is 0.263 e. The van der Waals surface area contributed by atoms with E-state index in [9.17, 15) is 9.59 Å². The first-order chi connectivity index (χ1) is 13.1. The Balaban J connectivity index is 1.50. The zero-order valence-corrected chi connectivity index (χ0v) is 16.1. The van der Waals surface area contributed by atoms with Crippen molar-refractivity contribution in [3.8, 4) is 0 Å². The van der Waals surface area contributed by atoms with E-state index in [0.717, 1.165) is 18.2 Å². The summed E-state index contributed by atoms with van der Waals surface area (Å²) in [5.41, 5.74) is 1.35. The van der Waals surface area contributed by atoms with Crippen LogP contribution >= 0.6 is 22.9 Å². The lowest BCUT2D eigenvalue weighted by atomic mass is 9.96. The fraction of sp³-hybridized carbons (Fsp3) is 0.250. The summed E-state index contributed by atoms with van der Waals surface area (Å²) >= 11 is 7.63. The second-order valence-electron chi connectivity index (χ2n) is 6.55. The molecule has 1 N–H and O–H groups in total. The number of halogens is 1. The average molecular weight is 400 g/mol. The predicted octanol–water partition coefficient (Wildman–Crippen LogP) is 4.44. The van der Waals surface area contributed by atoms with Gasteiger partial charge in [-0.1, -0.05) is 17.7 Å². The molecular formula is C20H18ClN3O2S. The third-order valence-electron chi connectivity index (χ3n) is 4.79. The van der Waals surface area contributed by atoms with Crippen LogP contribution in [0.15, 0.2) is 48.0 Å². The Hall–Kier alpha value is -2.44. The highest BCUT2D eigenvalue weighted by Crippen LogP contribution is 2.29. The minimum absolute atomic E-state index is 0.00337. The third-order valence-corrected chi connectivity index (χ3v) is 5.95. The number of carbonyl (C=O) groups is 2. The number of likely N-dealkylation sites (tertiary alicyclic amines) is 1. The molecule has 5 nitrogen and oxygen atoms in total. The van der Waals surface area contributed by atoms with Crippen LogP contribution in [0.1, 0.15) is 22.5 Å². The van der Waals surface area contributed by atoms with E-state index < -0.39 is 0 Å². The zero-order chi connectivity index (χ0) is 18.8. The van der Waals surface area contributed by atoms with E-state index in [4.69, 9.17) is 11.6 Å². The molecule has 0 bridgehead atoms. The monoisotopic (exact) mass is 399 g/mol. The van der Waals surface area contributed by atoms with E-state index in [2.05, 4.69) is 10.3 Å². The van der Waals surface area contributed by atoms with Gasteiger partial charge in [-0.25, -0.2) is 0 Å². The SMILES string of the molecule is O=C(Nc1ccc(Cl)c2ncccc12)[C@H]1CCCN(C(=O)c2cccs2)C1. The van der Waals surface area contributed by atoms with E-state index in [-0.39, 0.29) is 17.7 Å². The number of carbonyl (C=O) groups excluding carboxylic acids is 2. The number of anilines is 1.